The summed E-state index contributed by atoms with van der Waals surface area (Å²) < 4.78 is 11.1. The van der Waals surface area contributed by atoms with Crippen LogP contribution in [0.1, 0.15) is 88.3 Å². The summed E-state index contributed by atoms with van der Waals surface area (Å²) >= 11 is 3.20. The lowest BCUT2D eigenvalue weighted by Gasteiger charge is -2.43. The van der Waals surface area contributed by atoms with E-state index < -0.39 is 54.4 Å². The zero-order chi connectivity index (χ0) is 45.3. The molecular weight excluding hydrogens is 837 g/mol. The van der Waals surface area contributed by atoms with E-state index in [1.807, 2.05) is 73.8 Å². The van der Waals surface area contributed by atoms with Gasteiger partial charge >= 0.3 is 23.9 Å². The van der Waals surface area contributed by atoms with Crippen molar-refractivity contribution in [2.75, 3.05) is 25.4 Å². The summed E-state index contributed by atoms with van der Waals surface area (Å²) in [5.74, 6) is -2.62. The summed E-state index contributed by atoms with van der Waals surface area (Å²) in [7, 11) is 0. The van der Waals surface area contributed by atoms with Gasteiger partial charge in [0.2, 0.25) is 5.91 Å². The highest BCUT2D eigenvalue weighted by Gasteiger charge is 2.42. The lowest BCUT2D eigenvalue weighted by atomic mass is 9.66. The summed E-state index contributed by atoms with van der Waals surface area (Å²) in [6.07, 6.45) is 5.77. The second-order valence-electron chi connectivity index (χ2n) is 16.4. The molecule has 6 N–H and O–H groups in total. The molecule has 1 fully saturated rings. The number of allylic oxidation sites excluding steroid dienone is 2. The van der Waals surface area contributed by atoms with Gasteiger partial charge in [-0.05, 0) is 79.9 Å². The van der Waals surface area contributed by atoms with Crippen LogP contribution < -0.4 is 5.32 Å². The number of benzene rings is 1. The van der Waals surface area contributed by atoms with Gasteiger partial charge in [0.15, 0.2) is 0 Å². The van der Waals surface area contributed by atoms with Crippen molar-refractivity contribution in [3.8, 4) is 0 Å². The molecule has 0 spiro atoms. The molecule has 0 radical (unpaired) electrons. The highest BCUT2D eigenvalue weighted by Crippen LogP contribution is 2.44. The molecule has 0 unspecified atom stereocenters. The quantitative estimate of drug-likeness (QED) is 0.0916. The van der Waals surface area contributed by atoms with Crippen LogP contribution in [0.25, 0.3) is 0 Å². The fourth-order valence-electron chi connectivity index (χ4n) is 8.15. The van der Waals surface area contributed by atoms with Gasteiger partial charge in [-0.25, -0.2) is 0 Å². The lowest BCUT2D eigenvalue weighted by molar-refractivity contribution is -0.159. The molecule has 2 heterocycles. The Balaban J connectivity index is 0.000000273. The van der Waals surface area contributed by atoms with Crippen molar-refractivity contribution in [2.24, 2.45) is 23.7 Å². The standard InChI is InChI=1S/C23H28N2O5S2.C23H36O7/c1-2-30-23(29)17(11-10-16-7-4-3-5-8-16)24-18-15-32-20(19-9-6-12-31-19)13-25(22(18)28)14-21(26)27;1-4-13(2)23(29)30-20-11-17(25)9-15-6-5-14(3)19(22(15)20)8-7-16(24)10-18(26)12-21(27)28/h3-9,12,17-18,20,24H,2,10-11,13-15H2,1H3,(H,26,27);5-6,9,13-14,16-20,22,24-26H,4,7-8,10-12H2,1-3H3,(H,27,28)/t17-,18-,20-;13-,14-,16+,17+,18+,19-,20-,22-/m00/s1. The van der Waals surface area contributed by atoms with Gasteiger partial charge in [0.1, 0.15) is 18.7 Å². The van der Waals surface area contributed by atoms with Gasteiger partial charge in [0, 0.05) is 29.5 Å². The number of carboxylic acid groups (broad SMARTS) is 2. The van der Waals surface area contributed by atoms with Crippen molar-refractivity contribution in [1.29, 1.82) is 0 Å². The Kier molecular flexibility index (Phi) is 20.6. The Bertz CT molecular complexity index is 1810. The maximum atomic E-state index is 13.2. The fourth-order valence-corrected chi connectivity index (χ4v) is 10.4. The molecule has 1 saturated heterocycles. The van der Waals surface area contributed by atoms with Crippen LogP contribution in [-0.4, -0.2) is 122 Å². The largest absolute Gasteiger partial charge is 0.481 e. The summed E-state index contributed by atoms with van der Waals surface area (Å²) in [5.41, 5.74) is 2.05. The van der Waals surface area contributed by atoms with E-state index in [4.69, 9.17) is 14.6 Å². The Labute approximate surface area is 372 Å². The fraction of sp³-hybridized carbons (Fsp3) is 0.587. The molecule has 11 atom stereocenters. The second-order valence-corrected chi connectivity index (χ2v) is 18.6. The number of thioether (sulfide) groups is 1. The minimum Gasteiger partial charge on any atom is -0.481 e. The number of aliphatic hydroxyl groups is 3. The first-order chi connectivity index (χ1) is 29.6. The highest BCUT2D eigenvalue weighted by molar-refractivity contribution is 7.99. The smallest absolute Gasteiger partial charge is 0.323 e. The van der Waals surface area contributed by atoms with Crippen LogP contribution in [0, 0.1) is 23.7 Å². The average molecular weight is 901 g/mol. The third kappa shape index (κ3) is 15.6. The van der Waals surface area contributed by atoms with E-state index in [2.05, 4.69) is 18.3 Å². The third-order valence-corrected chi connectivity index (χ3v) is 14.1. The SMILES string of the molecule is CCOC(=O)[C@H](CCc1ccccc1)N[C@H]1CS[C@H](c2cccs2)CN(CC(=O)O)C1=O.CC[C@H](C)C(=O)O[C@H]1C[C@H](O)C=C2C=C[C@H](C)[C@H](CC[C@@H](O)C[C@@H](O)CC(=O)O)[C@H]21. The predicted octanol–water partition coefficient (Wildman–Crippen LogP) is 5.41. The predicted molar refractivity (Wildman–Crippen MR) is 237 cm³/mol. The number of nitrogens with zero attached hydrogens (tertiary/aromatic N) is 1. The van der Waals surface area contributed by atoms with Crippen LogP contribution in [0.3, 0.4) is 0 Å². The molecule has 14 nitrogen and oxygen atoms in total. The van der Waals surface area contributed by atoms with Crippen molar-refractivity contribution in [3.05, 3.63) is 82.1 Å². The first-order valence-electron chi connectivity index (χ1n) is 21.6. The van der Waals surface area contributed by atoms with Gasteiger partial charge in [0.05, 0.1) is 48.5 Å². The van der Waals surface area contributed by atoms with Gasteiger partial charge < -0.3 is 39.9 Å². The second kappa shape index (κ2) is 25.3. The Hall–Kier alpha value is -4.06. The van der Waals surface area contributed by atoms with E-state index in [1.165, 1.54) is 4.90 Å². The zero-order valence-corrected chi connectivity index (χ0v) is 37.7. The number of carboxylic acids is 2. The first kappa shape index (κ1) is 50.6. The molecule has 62 heavy (non-hydrogen) atoms. The number of esters is 2. The van der Waals surface area contributed by atoms with Gasteiger partial charge in [-0.1, -0.05) is 75.4 Å². The molecule has 2 aromatic rings. The first-order valence-corrected chi connectivity index (χ1v) is 23.5. The van der Waals surface area contributed by atoms with Crippen molar-refractivity contribution >= 4 is 52.9 Å². The van der Waals surface area contributed by atoms with Crippen LogP contribution in [0.2, 0.25) is 0 Å². The van der Waals surface area contributed by atoms with Crippen LogP contribution in [0.15, 0.2) is 71.6 Å². The number of hydrogen-bond donors (Lipinski definition) is 6. The molecule has 2 aliphatic carbocycles. The van der Waals surface area contributed by atoms with Crippen molar-refractivity contribution < 1.29 is 59.0 Å². The number of thiophene rings is 1. The minimum absolute atomic E-state index is 0.00420. The number of carbonyl (C=O) groups is 5. The summed E-state index contributed by atoms with van der Waals surface area (Å²) in [4.78, 5) is 62.9. The van der Waals surface area contributed by atoms with E-state index in [1.54, 1.807) is 30.0 Å². The van der Waals surface area contributed by atoms with Crippen molar-refractivity contribution in [2.45, 2.75) is 121 Å². The summed E-state index contributed by atoms with van der Waals surface area (Å²) in [6.45, 7) is 7.80. The number of ether oxygens (including phenoxy) is 2. The normalized spacial score (nSPS) is 25.4. The molecular formula is C46H64N2O12S2. The Morgan fingerprint density at radius 1 is 0.984 bits per heavy atom. The molecule has 1 aromatic carbocycles. The summed E-state index contributed by atoms with van der Waals surface area (Å²) in [6, 6.07) is 12.4. The molecule has 5 rings (SSSR count). The number of aryl methyl sites for hydroxylation is 1. The number of amides is 1. The highest BCUT2D eigenvalue weighted by atomic mass is 32.2. The summed E-state index contributed by atoms with van der Waals surface area (Å²) in [5, 5.41) is 53.6. The van der Waals surface area contributed by atoms with Crippen molar-refractivity contribution in [3.63, 3.8) is 0 Å². The maximum absolute atomic E-state index is 13.2. The molecule has 0 saturated carbocycles. The van der Waals surface area contributed by atoms with E-state index in [9.17, 15) is 44.4 Å². The van der Waals surface area contributed by atoms with E-state index in [-0.39, 0.29) is 66.8 Å². The molecule has 342 valence electrons. The zero-order valence-electron chi connectivity index (χ0n) is 36.0. The van der Waals surface area contributed by atoms with Crippen LogP contribution in [0.5, 0.6) is 0 Å². The van der Waals surface area contributed by atoms with Crippen LogP contribution in [-0.2, 0) is 39.9 Å². The Morgan fingerprint density at radius 3 is 2.37 bits per heavy atom. The van der Waals surface area contributed by atoms with Gasteiger partial charge in [-0.15, -0.1) is 23.1 Å². The van der Waals surface area contributed by atoms with E-state index in [0.717, 1.165) is 16.0 Å². The number of aliphatic carboxylic acids is 2. The molecule has 1 aromatic heterocycles. The van der Waals surface area contributed by atoms with Gasteiger partial charge in [-0.2, -0.15) is 0 Å². The number of fused-ring (bicyclic) bond motifs is 1. The topological polar surface area (TPSA) is 220 Å². The number of carbonyl (C=O) groups excluding carboxylic acids is 3. The minimum atomic E-state index is -1.10. The number of hydrogen-bond acceptors (Lipinski definition) is 13. The molecule has 3 aliphatic rings. The molecule has 1 aliphatic heterocycles. The average Bonchev–Trinajstić information content (AvgIpc) is 3.72. The molecule has 16 heteroatoms. The van der Waals surface area contributed by atoms with Crippen LogP contribution >= 0.6 is 23.1 Å². The van der Waals surface area contributed by atoms with Gasteiger partial charge in [-0.3, -0.25) is 29.3 Å². The van der Waals surface area contributed by atoms with Gasteiger partial charge in [0.25, 0.3) is 0 Å². The van der Waals surface area contributed by atoms with E-state index in [0.29, 0.717) is 50.8 Å². The monoisotopic (exact) mass is 900 g/mol. The van der Waals surface area contributed by atoms with Crippen molar-refractivity contribution in [1.82, 2.24) is 10.2 Å². The number of aliphatic hydroxyl groups excluding tert-OH is 3. The number of nitrogens with one attached hydrogen (secondary N) is 1. The van der Waals surface area contributed by atoms with E-state index >= 15 is 0 Å². The third-order valence-electron chi connectivity index (χ3n) is 11.6. The maximum Gasteiger partial charge on any atom is 0.323 e. The lowest BCUT2D eigenvalue weighted by Crippen LogP contribution is -2.53. The Morgan fingerprint density at radius 2 is 1.73 bits per heavy atom. The molecule has 0 bridgehead atoms. The van der Waals surface area contributed by atoms with Crippen LogP contribution in [0.4, 0.5) is 0 Å². The number of rotatable bonds is 20. The molecule has 1 amide bonds.